The Balaban J connectivity index is 0.00000225. The Bertz CT molecular complexity index is 319. The van der Waals surface area contributed by atoms with Crippen LogP contribution in [-0.2, 0) is 9.59 Å². The molecule has 1 fully saturated rings. The summed E-state index contributed by atoms with van der Waals surface area (Å²) in [5.74, 6) is -1.09. The van der Waals surface area contributed by atoms with Gasteiger partial charge >= 0.3 is 35.6 Å². The van der Waals surface area contributed by atoms with Gasteiger partial charge in [-0.2, -0.15) is 0 Å². The molecule has 1 saturated heterocycles. The average molecular weight is 233 g/mol. The normalized spacial score (nSPS) is 19.0. The number of nitrogens with one attached hydrogen (secondary N) is 2. The van der Waals surface area contributed by atoms with E-state index in [0.29, 0.717) is 12.8 Å². The monoisotopic (exact) mass is 233 g/mol. The predicted molar refractivity (Wildman–Crippen MR) is 53.8 cm³/mol. The zero-order chi connectivity index (χ0) is 11.5. The van der Waals surface area contributed by atoms with Crippen LogP contribution in [-0.4, -0.2) is 17.8 Å². The molecular formula is C10H14N2NaO3+. The van der Waals surface area contributed by atoms with Gasteiger partial charge in [-0.15, -0.1) is 0 Å². The summed E-state index contributed by atoms with van der Waals surface area (Å²) in [6, 6.07) is -0.749. The van der Waals surface area contributed by atoms with Gasteiger partial charge < -0.3 is 0 Å². The SMILES string of the molecule is C/C=C/C1(CCC)C(=O)NC(=O)NC1=O.[Na+]. The summed E-state index contributed by atoms with van der Waals surface area (Å²) in [4.78, 5) is 34.2. The molecule has 0 aromatic rings. The molecule has 0 aliphatic carbocycles. The smallest absolute Gasteiger partial charge is 0.277 e. The van der Waals surface area contributed by atoms with Crippen molar-refractivity contribution in [2.75, 3.05) is 0 Å². The van der Waals surface area contributed by atoms with Crippen LogP contribution in [0.15, 0.2) is 12.2 Å². The first-order valence-electron chi connectivity index (χ1n) is 4.87. The molecule has 4 amide bonds. The largest absolute Gasteiger partial charge is 1.00 e. The molecule has 5 nitrogen and oxygen atoms in total. The van der Waals surface area contributed by atoms with Gasteiger partial charge in [-0.25, -0.2) is 4.79 Å². The van der Waals surface area contributed by atoms with Crippen LogP contribution in [0.5, 0.6) is 0 Å². The van der Waals surface area contributed by atoms with Crippen molar-refractivity contribution < 1.29 is 43.9 Å². The summed E-state index contributed by atoms with van der Waals surface area (Å²) >= 11 is 0. The third kappa shape index (κ3) is 2.72. The van der Waals surface area contributed by atoms with Crippen LogP contribution in [0.3, 0.4) is 0 Å². The Kier molecular flexibility index (Phi) is 5.92. The van der Waals surface area contributed by atoms with Crippen molar-refractivity contribution >= 4 is 17.8 Å². The second kappa shape index (κ2) is 6.18. The van der Waals surface area contributed by atoms with E-state index < -0.39 is 23.3 Å². The third-order valence-corrected chi connectivity index (χ3v) is 2.36. The number of rotatable bonds is 3. The van der Waals surface area contributed by atoms with Gasteiger partial charge in [-0.1, -0.05) is 25.5 Å². The van der Waals surface area contributed by atoms with E-state index in [0.717, 1.165) is 0 Å². The van der Waals surface area contributed by atoms with Gasteiger partial charge in [0.15, 0.2) is 0 Å². The van der Waals surface area contributed by atoms with Crippen molar-refractivity contribution in [2.24, 2.45) is 5.41 Å². The van der Waals surface area contributed by atoms with Crippen LogP contribution in [0.4, 0.5) is 4.79 Å². The van der Waals surface area contributed by atoms with E-state index in [1.165, 1.54) is 6.08 Å². The van der Waals surface area contributed by atoms with Crippen LogP contribution < -0.4 is 40.2 Å². The first-order valence-corrected chi connectivity index (χ1v) is 4.87. The Labute approximate surface area is 116 Å². The molecule has 1 heterocycles. The number of carbonyl (C=O) groups excluding carboxylic acids is 3. The maximum atomic E-state index is 11.7. The predicted octanol–water partition coefficient (Wildman–Crippen LogP) is -2.28. The number of amides is 4. The molecule has 2 N–H and O–H groups in total. The van der Waals surface area contributed by atoms with Gasteiger partial charge in [-0.05, 0) is 13.3 Å². The Hall–Kier alpha value is -0.650. The maximum Gasteiger partial charge on any atom is 1.00 e. The maximum absolute atomic E-state index is 11.7. The number of imide groups is 2. The summed E-state index contributed by atoms with van der Waals surface area (Å²) in [7, 11) is 0. The zero-order valence-electron chi connectivity index (χ0n) is 9.79. The number of carbonyl (C=O) groups is 3. The van der Waals surface area contributed by atoms with E-state index >= 15 is 0 Å². The van der Waals surface area contributed by atoms with Crippen molar-refractivity contribution in [3.8, 4) is 0 Å². The molecule has 0 unspecified atom stereocenters. The van der Waals surface area contributed by atoms with E-state index in [1.807, 2.05) is 6.92 Å². The molecule has 0 saturated carbocycles. The Morgan fingerprint density at radius 2 is 1.69 bits per heavy atom. The van der Waals surface area contributed by atoms with Crippen molar-refractivity contribution in [3.05, 3.63) is 12.2 Å². The number of urea groups is 1. The van der Waals surface area contributed by atoms with Crippen LogP contribution in [0, 0.1) is 5.41 Å². The molecule has 1 aliphatic rings. The summed E-state index contributed by atoms with van der Waals surface area (Å²) in [5.41, 5.74) is -1.22. The van der Waals surface area contributed by atoms with Gasteiger partial charge in [0, 0.05) is 0 Å². The summed E-state index contributed by atoms with van der Waals surface area (Å²) in [5, 5.41) is 4.22. The van der Waals surface area contributed by atoms with Crippen LogP contribution in [0.25, 0.3) is 0 Å². The summed E-state index contributed by atoms with van der Waals surface area (Å²) in [6.45, 7) is 3.61. The van der Waals surface area contributed by atoms with E-state index in [9.17, 15) is 14.4 Å². The van der Waals surface area contributed by atoms with E-state index in [1.54, 1.807) is 13.0 Å². The molecule has 0 atom stereocenters. The Morgan fingerprint density at radius 3 is 2.06 bits per heavy atom. The molecule has 0 radical (unpaired) electrons. The average Bonchev–Trinajstić information content (AvgIpc) is 2.14. The van der Waals surface area contributed by atoms with Crippen molar-refractivity contribution in [3.63, 3.8) is 0 Å². The molecule has 6 heteroatoms. The van der Waals surface area contributed by atoms with Crippen LogP contribution in [0.2, 0.25) is 0 Å². The minimum absolute atomic E-state index is 0. The molecule has 0 aromatic carbocycles. The van der Waals surface area contributed by atoms with Gasteiger partial charge in [0.05, 0.1) is 0 Å². The first-order chi connectivity index (χ1) is 7.06. The number of hydrogen-bond acceptors (Lipinski definition) is 3. The molecule has 82 valence electrons. The summed E-state index contributed by atoms with van der Waals surface area (Å²) in [6.07, 6.45) is 4.25. The first kappa shape index (κ1) is 15.3. The topological polar surface area (TPSA) is 75.3 Å². The third-order valence-electron chi connectivity index (χ3n) is 2.36. The second-order valence-corrected chi connectivity index (χ2v) is 3.46. The minimum Gasteiger partial charge on any atom is -0.277 e. The van der Waals surface area contributed by atoms with Crippen molar-refractivity contribution in [1.29, 1.82) is 0 Å². The fourth-order valence-electron chi connectivity index (χ4n) is 1.70. The molecule has 0 aromatic heterocycles. The number of hydrogen-bond donors (Lipinski definition) is 2. The molecular weight excluding hydrogens is 219 g/mol. The molecule has 0 spiro atoms. The molecule has 0 bridgehead atoms. The van der Waals surface area contributed by atoms with E-state index in [-0.39, 0.29) is 29.6 Å². The standard InChI is InChI=1S/C10H14N2O3.Na/c1-3-5-10(6-4-2)7(13)11-9(15)12-8(10)14;/h3,5H,4,6H2,1-2H3,(H2,11,12,13,14,15);/q;+1/b5-3+;. The molecule has 16 heavy (non-hydrogen) atoms. The van der Waals surface area contributed by atoms with Gasteiger partial charge in [0.25, 0.3) is 0 Å². The molecule has 1 aliphatic heterocycles. The van der Waals surface area contributed by atoms with Gasteiger partial charge in [0.1, 0.15) is 5.41 Å². The quantitative estimate of drug-likeness (QED) is 0.327. The van der Waals surface area contributed by atoms with Crippen molar-refractivity contribution in [2.45, 2.75) is 26.7 Å². The van der Waals surface area contributed by atoms with E-state index in [4.69, 9.17) is 0 Å². The fourth-order valence-corrected chi connectivity index (χ4v) is 1.70. The Morgan fingerprint density at radius 1 is 1.19 bits per heavy atom. The minimum atomic E-state index is -1.22. The zero-order valence-corrected chi connectivity index (χ0v) is 11.8. The van der Waals surface area contributed by atoms with Gasteiger partial charge in [-0.3, -0.25) is 20.2 Å². The number of allylic oxidation sites excluding steroid dienone is 1. The fraction of sp³-hybridized carbons (Fsp3) is 0.500. The van der Waals surface area contributed by atoms with E-state index in [2.05, 4.69) is 10.6 Å². The summed E-state index contributed by atoms with van der Waals surface area (Å²) < 4.78 is 0. The van der Waals surface area contributed by atoms with Crippen LogP contribution in [0.1, 0.15) is 26.7 Å². The van der Waals surface area contributed by atoms with Crippen molar-refractivity contribution in [1.82, 2.24) is 10.6 Å². The molecule has 1 rings (SSSR count). The second-order valence-electron chi connectivity index (χ2n) is 3.46. The van der Waals surface area contributed by atoms with Crippen LogP contribution >= 0.6 is 0 Å². The van der Waals surface area contributed by atoms with Gasteiger partial charge in [0.2, 0.25) is 11.8 Å². The number of barbiturate groups is 1.